The van der Waals surface area contributed by atoms with Gasteiger partial charge in [-0.15, -0.1) is 0 Å². The fraction of sp³-hybridized carbons (Fsp3) is 0.750. The molecule has 0 amide bonds. The highest BCUT2D eigenvalue weighted by Gasteiger charge is 2.39. The molecule has 1 atom stereocenters. The molecule has 1 fully saturated rings. The van der Waals surface area contributed by atoms with Crippen LogP contribution in [0.15, 0.2) is 11.6 Å². The molecule has 1 aliphatic rings. The van der Waals surface area contributed by atoms with E-state index in [-0.39, 0.29) is 5.41 Å². The normalized spacial score (nSPS) is 34.1. The van der Waals surface area contributed by atoms with E-state index in [0.717, 1.165) is 24.8 Å². The van der Waals surface area contributed by atoms with Crippen molar-refractivity contribution in [3.8, 4) is 6.07 Å². The standard InChI is InChI=1S/C12H19NO/c1-11(2)7-5-8-12(3,14)10(11)6-4-9-13/h6,14H,4-5,7-8H2,1-3H3/b10-6+. The van der Waals surface area contributed by atoms with E-state index in [1.54, 1.807) is 0 Å². The van der Waals surface area contributed by atoms with E-state index in [1.807, 2.05) is 13.0 Å². The third-order valence-corrected chi connectivity index (χ3v) is 3.17. The summed E-state index contributed by atoms with van der Waals surface area (Å²) in [6.45, 7) is 6.14. The molecule has 78 valence electrons. The lowest BCUT2D eigenvalue weighted by Gasteiger charge is -2.42. The van der Waals surface area contributed by atoms with Gasteiger partial charge in [0.15, 0.2) is 0 Å². The SMILES string of the molecule is CC1(C)CCCC(C)(O)/C1=C/CC#N. The van der Waals surface area contributed by atoms with Crippen molar-refractivity contribution in [1.82, 2.24) is 0 Å². The van der Waals surface area contributed by atoms with Crippen molar-refractivity contribution in [2.75, 3.05) is 0 Å². The van der Waals surface area contributed by atoms with Crippen LogP contribution < -0.4 is 0 Å². The van der Waals surface area contributed by atoms with E-state index in [0.29, 0.717) is 6.42 Å². The summed E-state index contributed by atoms with van der Waals surface area (Å²) >= 11 is 0. The fourth-order valence-electron chi connectivity index (χ4n) is 2.52. The summed E-state index contributed by atoms with van der Waals surface area (Å²) in [6, 6.07) is 2.10. The minimum Gasteiger partial charge on any atom is -0.386 e. The van der Waals surface area contributed by atoms with Crippen molar-refractivity contribution in [1.29, 1.82) is 5.26 Å². The Labute approximate surface area is 86.2 Å². The predicted octanol–water partition coefficient (Wildman–Crippen LogP) is 2.79. The van der Waals surface area contributed by atoms with E-state index in [1.165, 1.54) is 0 Å². The molecule has 0 aromatic carbocycles. The number of nitriles is 1. The Morgan fingerprint density at radius 2 is 2.07 bits per heavy atom. The van der Waals surface area contributed by atoms with Crippen molar-refractivity contribution in [2.24, 2.45) is 5.41 Å². The Hall–Kier alpha value is -0.810. The molecule has 1 aliphatic carbocycles. The molecule has 0 aromatic rings. The van der Waals surface area contributed by atoms with Gasteiger partial charge >= 0.3 is 0 Å². The minimum atomic E-state index is -0.710. The molecule has 14 heavy (non-hydrogen) atoms. The summed E-state index contributed by atoms with van der Waals surface area (Å²) in [5, 5.41) is 18.8. The Bertz CT molecular complexity index is 263. The molecule has 2 heteroatoms. The van der Waals surface area contributed by atoms with Gasteiger partial charge in [-0.05, 0) is 37.2 Å². The second-order valence-corrected chi connectivity index (χ2v) is 4.99. The Morgan fingerprint density at radius 1 is 1.43 bits per heavy atom. The molecule has 0 spiro atoms. The van der Waals surface area contributed by atoms with Gasteiger partial charge in [0.25, 0.3) is 0 Å². The van der Waals surface area contributed by atoms with Crippen molar-refractivity contribution in [2.45, 2.75) is 52.1 Å². The zero-order valence-electron chi connectivity index (χ0n) is 9.30. The molecule has 1 N–H and O–H groups in total. The molecule has 0 aliphatic heterocycles. The maximum absolute atomic E-state index is 10.2. The van der Waals surface area contributed by atoms with Crippen LogP contribution in [0.1, 0.15) is 46.5 Å². The summed E-state index contributed by atoms with van der Waals surface area (Å²) in [4.78, 5) is 0. The molecule has 1 rings (SSSR count). The Balaban J connectivity index is 2.98. The Kier molecular flexibility index (Phi) is 3.01. The topological polar surface area (TPSA) is 44.0 Å². The first-order valence-corrected chi connectivity index (χ1v) is 5.20. The summed E-state index contributed by atoms with van der Waals surface area (Å²) in [5.41, 5.74) is 0.370. The van der Waals surface area contributed by atoms with Gasteiger partial charge < -0.3 is 5.11 Å². The van der Waals surface area contributed by atoms with E-state index >= 15 is 0 Å². The molecule has 0 heterocycles. The predicted molar refractivity (Wildman–Crippen MR) is 56.6 cm³/mol. The second kappa shape index (κ2) is 3.74. The number of aliphatic hydroxyl groups is 1. The molecule has 0 saturated heterocycles. The van der Waals surface area contributed by atoms with Gasteiger partial charge in [-0.2, -0.15) is 5.26 Å². The zero-order valence-corrected chi connectivity index (χ0v) is 9.30. The molecule has 2 nitrogen and oxygen atoms in total. The van der Waals surface area contributed by atoms with Crippen LogP contribution in [-0.2, 0) is 0 Å². The lowest BCUT2D eigenvalue weighted by Crippen LogP contribution is -2.39. The summed E-state index contributed by atoms with van der Waals surface area (Å²) in [5.74, 6) is 0. The fourth-order valence-corrected chi connectivity index (χ4v) is 2.52. The maximum atomic E-state index is 10.2. The number of hydrogen-bond donors (Lipinski definition) is 1. The highest BCUT2D eigenvalue weighted by Crippen LogP contribution is 2.45. The van der Waals surface area contributed by atoms with Gasteiger partial charge in [0.2, 0.25) is 0 Å². The monoisotopic (exact) mass is 193 g/mol. The van der Waals surface area contributed by atoms with Crippen molar-refractivity contribution >= 4 is 0 Å². The van der Waals surface area contributed by atoms with E-state index in [2.05, 4.69) is 19.9 Å². The van der Waals surface area contributed by atoms with Crippen LogP contribution in [0.3, 0.4) is 0 Å². The van der Waals surface area contributed by atoms with Gasteiger partial charge in [0.05, 0.1) is 18.1 Å². The smallest absolute Gasteiger partial charge is 0.0834 e. The lowest BCUT2D eigenvalue weighted by molar-refractivity contribution is 0.0393. The summed E-state index contributed by atoms with van der Waals surface area (Å²) < 4.78 is 0. The van der Waals surface area contributed by atoms with Gasteiger partial charge in [-0.1, -0.05) is 19.9 Å². The van der Waals surface area contributed by atoms with Gasteiger partial charge in [-0.25, -0.2) is 0 Å². The second-order valence-electron chi connectivity index (χ2n) is 4.99. The minimum absolute atomic E-state index is 0.0403. The van der Waals surface area contributed by atoms with E-state index < -0.39 is 5.60 Å². The first kappa shape index (κ1) is 11.3. The van der Waals surface area contributed by atoms with Gasteiger partial charge in [-0.3, -0.25) is 0 Å². The first-order valence-electron chi connectivity index (χ1n) is 5.20. The van der Waals surface area contributed by atoms with Crippen LogP contribution in [0.2, 0.25) is 0 Å². The van der Waals surface area contributed by atoms with Crippen LogP contribution in [0.4, 0.5) is 0 Å². The number of rotatable bonds is 1. The average Bonchev–Trinajstić information content (AvgIpc) is 2.01. The van der Waals surface area contributed by atoms with E-state index in [9.17, 15) is 5.11 Å². The molecule has 0 aromatic heterocycles. The van der Waals surface area contributed by atoms with Crippen molar-refractivity contribution < 1.29 is 5.11 Å². The summed E-state index contributed by atoms with van der Waals surface area (Å²) in [6.07, 6.45) is 5.27. The van der Waals surface area contributed by atoms with Crippen molar-refractivity contribution in [3.63, 3.8) is 0 Å². The number of nitrogens with zero attached hydrogens (tertiary/aromatic N) is 1. The zero-order chi connectivity index (χ0) is 10.8. The Morgan fingerprint density at radius 3 is 2.57 bits per heavy atom. The van der Waals surface area contributed by atoms with E-state index in [4.69, 9.17) is 5.26 Å². The van der Waals surface area contributed by atoms with Crippen LogP contribution in [0, 0.1) is 16.7 Å². The molecule has 1 saturated carbocycles. The third-order valence-electron chi connectivity index (χ3n) is 3.17. The molecule has 0 radical (unpaired) electrons. The van der Waals surface area contributed by atoms with Gasteiger partial charge in [0.1, 0.15) is 0 Å². The molecule has 1 unspecified atom stereocenters. The highest BCUT2D eigenvalue weighted by molar-refractivity contribution is 5.25. The third kappa shape index (κ3) is 2.16. The molecule has 0 bridgehead atoms. The van der Waals surface area contributed by atoms with Gasteiger partial charge in [0, 0.05) is 0 Å². The number of hydrogen-bond acceptors (Lipinski definition) is 2. The van der Waals surface area contributed by atoms with Crippen LogP contribution in [-0.4, -0.2) is 10.7 Å². The lowest BCUT2D eigenvalue weighted by atomic mass is 9.66. The van der Waals surface area contributed by atoms with Crippen LogP contribution >= 0.6 is 0 Å². The highest BCUT2D eigenvalue weighted by atomic mass is 16.3. The average molecular weight is 193 g/mol. The van der Waals surface area contributed by atoms with Crippen molar-refractivity contribution in [3.05, 3.63) is 11.6 Å². The van der Waals surface area contributed by atoms with Crippen LogP contribution in [0.5, 0.6) is 0 Å². The van der Waals surface area contributed by atoms with Crippen LogP contribution in [0.25, 0.3) is 0 Å². The largest absolute Gasteiger partial charge is 0.386 e. The summed E-state index contributed by atoms with van der Waals surface area (Å²) in [7, 11) is 0. The molecular weight excluding hydrogens is 174 g/mol. The number of allylic oxidation sites excluding steroid dienone is 1. The molecular formula is C12H19NO. The quantitative estimate of drug-likeness (QED) is 0.651. The first-order chi connectivity index (χ1) is 6.40. The maximum Gasteiger partial charge on any atom is 0.0834 e.